The summed E-state index contributed by atoms with van der Waals surface area (Å²) in [6.45, 7) is 3.11. The SMILES string of the molecule is CCCOc1ccc(C(F)(F)F)cc1NC(=O)COc1cccc(C(C)=O)c1. The van der Waals surface area contributed by atoms with Crippen LogP contribution in [0.15, 0.2) is 42.5 Å². The monoisotopic (exact) mass is 395 g/mol. The zero-order chi connectivity index (χ0) is 20.7. The number of ether oxygens (including phenoxy) is 2. The van der Waals surface area contributed by atoms with Gasteiger partial charge in [-0.25, -0.2) is 0 Å². The number of halogens is 3. The summed E-state index contributed by atoms with van der Waals surface area (Å²) in [7, 11) is 0. The predicted molar refractivity (Wildman–Crippen MR) is 97.8 cm³/mol. The second-order valence-corrected chi connectivity index (χ2v) is 5.98. The number of ketones is 1. The van der Waals surface area contributed by atoms with Crippen LogP contribution >= 0.6 is 0 Å². The third-order valence-corrected chi connectivity index (χ3v) is 3.65. The third-order valence-electron chi connectivity index (χ3n) is 3.65. The first-order chi connectivity index (χ1) is 13.2. The van der Waals surface area contributed by atoms with Gasteiger partial charge in [0, 0.05) is 5.56 Å². The van der Waals surface area contributed by atoms with Gasteiger partial charge in [0.15, 0.2) is 12.4 Å². The summed E-state index contributed by atoms with van der Waals surface area (Å²) in [4.78, 5) is 23.5. The van der Waals surface area contributed by atoms with Crippen LogP contribution in [0.1, 0.15) is 36.2 Å². The van der Waals surface area contributed by atoms with Gasteiger partial charge in [-0.1, -0.05) is 19.1 Å². The molecule has 0 bridgehead atoms. The minimum atomic E-state index is -4.55. The molecule has 0 aromatic heterocycles. The van der Waals surface area contributed by atoms with Gasteiger partial charge in [0.25, 0.3) is 5.91 Å². The largest absolute Gasteiger partial charge is 0.491 e. The first-order valence-corrected chi connectivity index (χ1v) is 8.58. The van der Waals surface area contributed by atoms with Gasteiger partial charge in [0.2, 0.25) is 0 Å². The number of carbonyl (C=O) groups is 2. The quantitative estimate of drug-likeness (QED) is 0.658. The summed E-state index contributed by atoms with van der Waals surface area (Å²) in [6.07, 6.45) is -3.89. The fourth-order valence-electron chi connectivity index (χ4n) is 2.28. The first kappa shape index (κ1) is 21.3. The molecule has 0 fully saturated rings. The van der Waals surface area contributed by atoms with E-state index in [0.717, 1.165) is 12.1 Å². The van der Waals surface area contributed by atoms with Crippen LogP contribution in [0.4, 0.5) is 18.9 Å². The highest BCUT2D eigenvalue weighted by Gasteiger charge is 2.31. The van der Waals surface area contributed by atoms with Crippen molar-refractivity contribution in [1.29, 1.82) is 0 Å². The van der Waals surface area contributed by atoms with Crippen molar-refractivity contribution >= 4 is 17.4 Å². The highest BCUT2D eigenvalue weighted by atomic mass is 19.4. The summed E-state index contributed by atoms with van der Waals surface area (Å²) in [5.41, 5.74) is -0.567. The van der Waals surface area contributed by atoms with Crippen LogP contribution in [0.3, 0.4) is 0 Å². The van der Waals surface area contributed by atoms with Crippen LogP contribution in [0.25, 0.3) is 0 Å². The summed E-state index contributed by atoms with van der Waals surface area (Å²) >= 11 is 0. The van der Waals surface area contributed by atoms with E-state index in [-0.39, 0.29) is 17.2 Å². The fraction of sp³-hybridized carbons (Fsp3) is 0.300. The molecule has 2 rings (SSSR count). The molecular weight excluding hydrogens is 375 g/mol. The van der Waals surface area contributed by atoms with E-state index in [1.54, 1.807) is 18.2 Å². The second-order valence-electron chi connectivity index (χ2n) is 5.98. The molecule has 2 aromatic rings. The lowest BCUT2D eigenvalue weighted by Gasteiger charge is -2.15. The summed E-state index contributed by atoms with van der Waals surface area (Å²) in [5, 5.41) is 2.38. The summed E-state index contributed by atoms with van der Waals surface area (Å²) in [5.74, 6) is -0.374. The van der Waals surface area contributed by atoms with Crippen molar-refractivity contribution in [3.05, 3.63) is 53.6 Å². The van der Waals surface area contributed by atoms with E-state index in [1.807, 2.05) is 6.92 Å². The number of amides is 1. The number of carbonyl (C=O) groups excluding carboxylic acids is 2. The number of alkyl halides is 3. The Morgan fingerprint density at radius 3 is 2.46 bits per heavy atom. The highest BCUT2D eigenvalue weighted by Crippen LogP contribution is 2.35. The molecule has 28 heavy (non-hydrogen) atoms. The zero-order valence-electron chi connectivity index (χ0n) is 15.4. The number of rotatable bonds is 8. The minimum absolute atomic E-state index is 0.0886. The summed E-state index contributed by atoms with van der Waals surface area (Å²) in [6, 6.07) is 9.15. The number of hydrogen-bond donors (Lipinski definition) is 1. The Kier molecular flexibility index (Phi) is 7.03. The highest BCUT2D eigenvalue weighted by molar-refractivity contribution is 5.95. The number of anilines is 1. The van der Waals surface area contributed by atoms with Gasteiger partial charge in [-0.2, -0.15) is 13.2 Å². The Morgan fingerprint density at radius 1 is 1.07 bits per heavy atom. The van der Waals surface area contributed by atoms with Crippen molar-refractivity contribution in [2.75, 3.05) is 18.5 Å². The Labute approximate surface area is 160 Å². The van der Waals surface area contributed by atoms with Gasteiger partial charge in [-0.05, 0) is 43.7 Å². The molecule has 1 amide bonds. The number of Topliss-reactive ketones (excluding diaryl/α,β-unsaturated/α-hetero) is 1. The van der Waals surface area contributed by atoms with Crippen molar-refractivity contribution < 1.29 is 32.2 Å². The van der Waals surface area contributed by atoms with E-state index in [2.05, 4.69) is 5.32 Å². The van der Waals surface area contributed by atoms with Gasteiger partial charge in [0.05, 0.1) is 17.9 Å². The molecule has 0 atom stereocenters. The van der Waals surface area contributed by atoms with E-state index in [1.165, 1.54) is 19.1 Å². The molecule has 0 spiro atoms. The fourth-order valence-corrected chi connectivity index (χ4v) is 2.28. The van der Waals surface area contributed by atoms with Crippen molar-refractivity contribution in [2.24, 2.45) is 0 Å². The first-order valence-electron chi connectivity index (χ1n) is 8.58. The predicted octanol–water partition coefficient (Wildman–Crippen LogP) is 4.71. The molecule has 0 unspecified atom stereocenters. The Bertz CT molecular complexity index is 850. The van der Waals surface area contributed by atoms with E-state index in [4.69, 9.17) is 9.47 Å². The van der Waals surface area contributed by atoms with Crippen LogP contribution in [0, 0.1) is 0 Å². The molecule has 0 saturated heterocycles. The molecule has 1 N–H and O–H groups in total. The van der Waals surface area contributed by atoms with E-state index >= 15 is 0 Å². The molecule has 5 nitrogen and oxygen atoms in total. The molecule has 0 radical (unpaired) electrons. The molecule has 0 aliphatic heterocycles. The van der Waals surface area contributed by atoms with Crippen LogP contribution in [0.5, 0.6) is 11.5 Å². The van der Waals surface area contributed by atoms with Crippen molar-refractivity contribution in [1.82, 2.24) is 0 Å². The average Bonchev–Trinajstić information content (AvgIpc) is 2.64. The molecule has 0 saturated carbocycles. The molecule has 2 aromatic carbocycles. The second kappa shape index (κ2) is 9.25. The zero-order valence-corrected chi connectivity index (χ0v) is 15.4. The number of nitrogens with one attached hydrogen (secondary N) is 1. The molecule has 150 valence electrons. The van der Waals surface area contributed by atoms with Crippen molar-refractivity contribution in [3.8, 4) is 11.5 Å². The van der Waals surface area contributed by atoms with E-state index in [9.17, 15) is 22.8 Å². The van der Waals surface area contributed by atoms with Gasteiger partial charge in [-0.15, -0.1) is 0 Å². The van der Waals surface area contributed by atoms with Crippen LogP contribution in [-0.2, 0) is 11.0 Å². The molecule has 0 heterocycles. The standard InChI is InChI=1S/C20H20F3NO4/c1-3-9-27-18-8-7-15(20(21,22)23)11-17(18)24-19(26)12-28-16-6-4-5-14(10-16)13(2)25/h4-8,10-11H,3,9,12H2,1-2H3,(H,24,26). The smallest absolute Gasteiger partial charge is 0.416 e. The van der Waals surface area contributed by atoms with Crippen molar-refractivity contribution in [3.63, 3.8) is 0 Å². The van der Waals surface area contributed by atoms with Gasteiger partial charge >= 0.3 is 6.18 Å². The molecule has 8 heteroatoms. The van der Waals surface area contributed by atoms with Gasteiger partial charge < -0.3 is 14.8 Å². The van der Waals surface area contributed by atoms with Crippen molar-refractivity contribution in [2.45, 2.75) is 26.4 Å². The van der Waals surface area contributed by atoms with E-state index in [0.29, 0.717) is 24.3 Å². The maximum absolute atomic E-state index is 13.0. The minimum Gasteiger partial charge on any atom is -0.491 e. The third kappa shape index (κ3) is 6.00. The lowest BCUT2D eigenvalue weighted by atomic mass is 10.1. The lowest BCUT2D eigenvalue weighted by molar-refractivity contribution is -0.137. The number of hydrogen-bond acceptors (Lipinski definition) is 4. The topological polar surface area (TPSA) is 64.6 Å². The average molecular weight is 395 g/mol. The molecule has 0 aliphatic rings. The molecular formula is C20H20F3NO4. The van der Waals surface area contributed by atoms with Gasteiger partial charge in [-0.3, -0.25) is 9.59 Å². The lowest BCUT2D eigenvalue weighted by Crippen LogP contribution is -2.21. The van der Waals surface area contributed by atoms with Crippen LogP contribution < -0.4 is 14.8 Å². The summed E-state index contributed by atoms with van der Waals surface area (Å²) < 4.78 is 49.6. The molecule has 0 aliphatic carbocycles. The Balaban J connectivity index is 2.10. The maximum Gasteiger partial charge on any atom is 0.416 e. The van der Waals surface area contributed by atoms with E-state index < -0.39 is 24.3 Å². The van der Waals surface area contributed by atoms with Gasteiger partial charge in [0.1, 0.15) is 11.5 Å². The number of benzene rings is 2. The van der Waals surface area contributed by atoms with Crippen LogP contribution in [-0.4, -0.2) is 24.9 Å². The Hall–Kier alpha value is -3.03. The Morgan fingerprint density at radius 2 is 1.82 bits per heavy atom. The normalized spacial score (nSPS) is 11.0. The maximum atomic E-state index is 13.0. The van der Waals surface area contributed by atoms with Crippen LogP contribution in [0.2, 0.25) is 0 Å².